The summed E-state index contributed by atoms with van der Waals surface area (Å²) in [7, 11) is 0. The average molecular weight is 481 g/mol. The summed E-state index contributed by atoms with van der Waals surface area (Å²) in [5, 5.41) is 11.4. The number of amides is 1. The van der Waals surface area contributed by atoms with E-state index in [-0.39, 0.29) is 24.9 Å². The first kappa shape index (κ1) is 24.3. The predicted molar refractivity (Wildman–Crippen MR) is 123 cm³/mol. The van der Waals surface area contributed by atoms with Crippen LogP contribution in [0.2, 0.25) is 10.0 Å². The number of carbonyl (C=O) groups is 2. The van der Waals surface area contributed by atoms with E-state index in [9.17, 15) is 14.7 Å². The van der Waals surface area contributed by atoms with Crippen LogP contribution >= 0.6 is 23.2 Å². The third kappa shape index (κ3) is 6.84. The van der Waals surface area contributed by atoms with Crippen LogP contribution in [0.5, 0.6) is 11.5 Å². The van der Waals surface area contributed by atoms with Crippen molar-refractivity contribution in [2.45, 2.75) is 32.0 Å². The number of aliphatic hydroxyl groups excluding tert-OH is 1. The number of primary amides is 1. The number of nitrogens with two attached hydrogens (primary N) is 1. The molecule has 7 nitrogen and oxygen atoms in total. The Balaban J connectivity index is 1.51. The van der Waals surface area contributed by atoms with E-state index in [0.717, 1.165) is 13.0 Å². The standard InChI is InChI=1S/C23H26Cl2N2O5/c1-14(28)15-2-5-22(16(8-15)9-23(26)30)31-13-17(29)11-27-7-6-19(12-27)32-18-3-4-20(24)21(25)10-18/h2-5,8,10,17,19,29H,6-7,9,11-13H2,1H3,(H2,26,30)/t17-,19?/m1/s1. The summed E-state index contributed by atoms with van der Waals surface area (Å²) < 4.78 is 11.7. The zero-order valence-corrected chi connectivity index (χ0v) is 19.2. The molecule has 0 radical (unpaired) electrons. The fourth-order valence-corrected chi connectivity index (χ4v) is 3.89. The van der Waals surface area contributed by atoms with Crippen molar-refractivity contribution in [2.75, 3.05) is 26.2 Å². The van der Waals surface area contributed by atoms with Crippen LogP contribution in [0.1, 0.15) is 29.3 Å². The second kappa shape index (κ2) is 11.0. The minimum atomic E-state index is -0.743. The molecule has 1 unspecified atom stereocenters. The first-order chi connectivity index (χ1) is 15.2. The number of benzene rings is 2. The topological polar surface area (TPSA) is 102 Å². The van der Waals surface area contributed by atoms with Gasteiger partial charge in [0.2, 0.25) is 5.91 Å². The lowest BCUT2D eigenvalue weighted by molar-refractivity contribution is -0.117. The van der Waals surface area contributed by atoms with E-state index < -0.39 is 12.0 Å². The van der Waals surface area contributed by atoms with Crippen LogP contribution in [0.3, 0.4) is 0 Å². The van der Waals surface area contributed by atoms with Crippen molar-refractivity contribution in [1.82, 2.24) is 4.90 Å². The minimum absolute atomic E-state index is 0.0124. The van der Waals surface area contributed by atoms with Gasteiger partial charge < -0.3 is 20.3 Å². The lowest BCUT2D eigenvalue weighted by atomic mass is 10.0. The van der Waals surface area contributed by atoms with E-state index in [1.165, 1.54) is 6.92 Å². The number of ketones is 1. The van der Waals surface area contributed by atoms with Crippen LogP contribution in [-0.2, 0) is 11.2 Å². The Hall–Kier alpha value is -2.32. The molecule has 172 valence electrons. The Morgan fingerprint density at radius 1 is 1.22 bits per heavy atom. The van der Waals surface area contributed by atoms with E-state index in [1.54, 1.807) is 36.4 Å². The SMILES string of the molecule is CC(=O)c1ccc(OC[C@H](O)CN2CCC(Oc3ccc(Cl)c(Cl)c3)C2)c(CC(N)=O)c1. The van der Waals surface area contributed by atoms with Crippen molar-refractivity contribution in [3.05, 3.63) is 57.6 Å². The van der Waals surface area contributed by atoms with E-state index in [0.29, 0.717) is 45.8 Å². The molecule has 3 rings (SSSR count). The largest absolute Gasteiger partial charge is 0.491 e. The molecule has 9 heteroatoms. The number of β-amino-alcohol motifs (C(OH)–C–C–N with tert-alkyl or cyclic N) is 1. The van der Waals surface area contributed by atoms with Crippen molar-refractivity contribution < 1.29 is 24.2 Å². The van der Waals surface area contributed by atoms with Gasteiger partial charge in [0.15, 0.2) is 5.78 Å². The van der Waals surface area contributed by atoms with Crippen molar-refractivity contribution in [3.63, 3.8) is 0 Å². The van der Waals surface area contributed by atoms with Crippen LogP contribution in [-0.4, -0.2) is 60.1 Å². The number of rotatable bonds is 10. The molecule has 1 heterocycles. The molecule has 32 heavy (non-hydrogen) atoms. The van der Waals surface area contributed by atoms with Crippen LogP contribution in [0, 0.1) is 0 Å². The molecule has 2 aromatic rings. The quantitative estimate of drug-likeness (QED) is 0.506. The van der Waals surface area contributed by atoms with Crippen molar-refractivity contribution in [2.24, 2.45) is 5.73 Å². The molecule has 0 spiro atoms. The third-order valence-electron chi connectivity index (χ3n) is 5.15. The molecule has 2 atom stereocenters. The van der Waals surface area contributed by atoms with Crippen LogP contribution in [0.25, 0.3) is 0 Å². The summed E-state index contributed by atoms with van der Waals surface area (Å²) in [6.07, 6.45) is 0.0180. The molecule has 1 fully saturated rings. The van der Waals surface area contributed by atoms with Crippen LogP contribution in [0.4, 0.5) is 0 Å². The number of Topliss-reactive ketones (excluding diaryl/α,β-unsaturated/α-hetero) is 1. The first-order valence-electron chi connectivity index (χ1n) is 10.3. The summed E-state index contributed by atoms with van der Waals surface area (Å²) in [6.45, 7) is 3.35. The third-order valence-corrected chi connectivity index (χ3v) is 5.89. The Morgan fingerprint density at radius 3 is 2.69 bits per heavy atom. The van der Waals surface area contributed by atoms with Gasteiger partial charge in [0, 0.05) is 36.8 Å². The number of hydrogen-bond acceptors (Lipinski definition) is 6. The number of ether oxygens (including phenoxy) is 2. The number of nitrogens with zero attached hydrogens (tertiary/aromatic N) is 1. The molecular formula is C23H26Cl2N2O5. The van der Waals surface area contributed by atoms with E-state index in [4.69, 9.17) is 38.4 Å². The summed E-state index contributed by atoms with van der Waals surface area (Å²) >= 11 is 12.0. The second-order valence-electron chi connectivity index (χ2n) is 7.85. The highest BCUT2D eigenvalue weighted by Crippen LogP contribution is 2.28. The highest BCUT2D eigenvalue weighted by Gasteiger charge is 2.26. The molecule has 3 N–H and O–H groups in total. The monoisotopic (exact) mass is 480 g/mol. The summed E-state index contributed by atoms with van der Waals surface area (Å²) in [5.74, 6) is 0.441. The lowest BCUT2D eigenvalue weighted by Crippen LogP contribution is -2.35. The highest BCUT2D eigenvalue weighted by atomic mass is 35.5. The Bertz CT molecular complexity index is 985. The molecule has 0 aliphatic carbocycles. The van der Waals surface area contributed by atoms with E-state index in [1.807, 2.05) is 0 Å². The number of likely N-dealkylation sites (tertiary alicyclic amines) is 1. The van der Waals surface area contributed by atoms with Crippen LogP contribution in [0.15, 0.2) is 36.4 Å². The Labute approximate surface area is 197 Å². The average Bonchev–Trinajstić information content (AvgIpc) is 3.15. The smallest absolute Gasteiger partial charge is 0.221 e. The van der Waals surface area contributed by atoms with Gasteiger partial charge in [0.05, 0.1) is 16.5 Å². The normalized spacial score (nSPS) is 17.2. The zero-order chi connectivity index (χ0) is 23.3. The fourth-order valence-electron chi connectivity index (χ4n) is 3.60. The van der Waals surface area contributed by atoms with Gasteiger partial charge in [0.1, 0.15) is 30.3 Å². The molecule has 1 aliphatic rings. The maximum absolute atomic E-state index is 11.6. The molecule has 2 aromatic carbocycles. The van der Waals surface area contributed by atoms with Gasteiger partial charge in [-0.3, -0.25) is 14.5 Å². The fraction of sp³-hybridized carbons (Fsp3) is 0.391. The van der Waals surface area contributed by atoms with E-state index in [2.05, 4.69) is 4.90 Å². The predicted octanol–water partition coefficient (Wildman–Crippen LogP) is 3.12. The first-order valence-corrected chi connectivity index (χ1v) is 11.0. The number of carbonyl (C=O) groups excluding carboxylic acids is 2. The van der Waals surface area contributed by atoms with Gasteiger partial charge in [-0.2, -0.15) is 0 Å². The molecule has 1 saturated heterocycles. The second-order valence-corrected chi connectivity index (χ2v) is 8.67. The zero-order valence-electron chi connectivity index (χ0n) is 17.7. The molecule has 1 amide bonds. The van der Waals surface area contributed by atoms with Crippen LogP contribution < -0.4 is 15.2 Å². The number of halogens is 2. The lowest BCUT2D eigenvalue weighted by Gasteiger charge is -2.21. The van der Waals surface area contributed by atoms with Gasteiger partial charge in [-0.1, -0.05) is 23.2 Å². The molecule has 0 aromatic heterocycles. The molecular weight excluding hydrogens is 455 g/mol. The molecule has 0 saturated carbocycles. The summed E-state index contributed by atoms with van der Waals surface area (Å²) in [6, 6.07) is 10.0. The maximum Gasteiger partial charge on any atom is 0.221 e. The maximum atomic E-state index is 11.6. The summed E-state index contributed by atoms with van der Waals surface area (Å²) in [4.78, 5) is 25.1. The van der Waals surface area contributed by atoms with Gasteiger partial charge >= 0.3 is 0 Å². The summed E-state index contributed by atoms with van der Waals surface area (Å²) in [5.41, 5.74) is 6.30. The van der Waals surface area contributed by atoms with E-state index >= 15 is 0 Å². The highest BCUT2D eigenvalue weighted by molar-refractivity contribution is 6.42. The Morgan fingerprint density at radius 2 is 2.00 bits per heavy atom. The molecule has 0 bridgehead atoms. The van der Waals surface area contributed by atoms with Crippen molar-refractivity contribution in [1.29, 1.82) is 0 Å². The minimum Gasteiger partial charge on any atom is -0.491 e. The Kier molecular flexibility index (Phi) is 8.37. The molecule has 1 aliphatic heterocycles. The van der Waals surface area contributed by atoms with Gasteiger partial charge in [0.25, 0.3) is 0 Å². The van der Waals surface area contributed by atoms with Gasteiger partial charge in [-0.15, -0.1) is 0 Å². The van der Waals surface area contributed by atoms with Gasteiger partial charge in [-0.05, 0) is 43.7 Å². The number of aliphatic hydroxyl groups is 1. The van der Waals surface area contributed by atoms with Crippen molar-refractivity contribution >= 4 is 34.9 Å². The van der Waals surface area contributed by atoms with Crippen molar-refractivity contribution in [3.8, 4) is 11.5 Å². The van der Waals surface area contributed by atoms with Gasteiger partial charge in [-0.25, -0.2) is 0 Å². The number of hydrogen-bond donors (Lipinski definition) is 2.